The molecule has 0 amide bonds. The Morgan fingerprint density at radius 2 is 1.76 bits per heavy atom. The zero-order valence-corrected chi connectivity index (χ0v) is 10.8. The van der Waals surface area contributed by atoms with Crippen molar-refractivity contribution >= 4 is 5.69 Å². The maximum Gasteiger partial charge on any atom is 0.573 e. The molecule has 0 aromatic heterocycles. The van der Waals surface area contributed by atoms with Gasteiger partial charge in [-0.3, -0.25) is 10.1 Å². The Labute approximate surface area is 117 Å². The molecule has 2 aromatic carbocycles. The highest BCUT2D eigenvalue weighted by Gasteiger charge is 2.31. The molecule has 0 fully saturated rings. The highest BCUT2D eigenvalue weighted by atomic mass is 19.4. The first kappa shape index (κ1) is 14.8. The van der Waals surface area contributed by atoms with E-state index in [0.717, 1.165) is 0 Å². The molecule has 0 N–H and O–H groups in total. The second-order valence-corrected chi connectivity index (χ2v) is 4.33. The number of ether oxygens (including phenoxy) is 1. The minimum Gasteiger partial charge on any atom is -0.406 e. The number of nitrogens with zero attached hydrogens (tertiary/aromatic N) is 1. The summed E-state index contributed by atoms with van der Waals surface area (Å²) in [7, 11) is 0. The SMILES string of the molecule is Cc1ccc(-c2cccc(OC(F)(F)F)c2)cc1[N+](=O)[O-]. The van der Waals surface area contributed by atoms with E-state index in [1.54, 1.807) is 25.1 Å². The third-order valence-electron chi connectivity index (χ3n) is 2.81. The average Bonchev–Trinajstić information content (AvgIpc) is 2.37. The summed E-state index contributed by atoms with van der Waals surface area (Å²) in [5, 5.41) is 10.9. The van der Waals surface area contributed by atoms with Crippen LogP contribution in [0.4, 0.5) is 18.9 Å². The molecule has 7 heteroatoms. The first-order chi connectivity index (χ1) is 9.76. The Bertz CT molecular complexity index is 683. The van der Waals surface area contributed by atoms with Gasteiger partial charge in [-0.1, -0.05) is 24.3 Å². The van der Waals surface area contributed by atoms with Crippen LogP contribution in [0.5, 0.6) is 5.75 Å². The summed E-state index contributed by atoms with van der Waals surface area (Å²) in [4.78, 5) is 10.4. The number of aryl methyl sites for hydroxylation is 1. The Morgan fingerprint density at radius 1 is 1.10 bits per heavy atom. The molecule has 0 radical (unpaired) electrons. The monoisotopic (exact) mass is 297 g/mol. The molecule has 21 heavy (non-hydrogen) atoms. The lowest BCUT2D eigenvalue weighted by atomic mass is 10.0. The molecule has 0 aliphatic carbocycles. The predicted octanol–water partition coefficient (Wildman–Crippen LogP) is 4.47. The van der Waals surface area contributed by atoms with Crippen molar-refractivity contribution in [3.8, 4) is 16.9 Å². The molecule has 0 bridgehead atoms. The molecule has 2 aromatic rings. The third-order valence-corrected chi connectivity index (χ3v) is 2.81. The molecule has 2 rings (SSSR count). The van der Waals surface area contributed by atoms with Crippen LogP contribution in [0.2, 0.25) is 0 Å². The van der Waals surface area contributed by atoms with E-state index in [4.69, 9.17) is 0 Å². The van der Waals surface area contributed by atoms with Crippen molar-refractivity contribution in [1.29, 1.82) is 0 Å². The Hall–Kier alpha value is -2.57. The highest BCUT2D eigenvalue weighted by Crippen LogP contribution is 2.30. The van der Waals surface area contributed by atoms with E-state index in [0.29, 0.717) is 16.7 Å². The van der Waals surface area contributed by atoms with Crippen molar-refractivity contribution < 1.29 is 22.8 Å². The van der Waals surface area contributed by atoms with Crippen LogP contribution in [0.25, 0.3) is 11.1 Å². The minimum atomic E-state index is -4.78. The molecule has 0 aliphatic rings. The highest BCUT2D eigenvalue weighted by molar-refractivity contribution is 5.68. The van der Waals surface area contributed by atoms with Crippen molar-refractivity contribution in [3.63, 3.8) is 0 Å². The summed E-state index contributed by atoms with van der Waals surface area (Å²) >= 11 is 0. The van der Waals surface area contributed by atoms with E-state index in [9.17, 15) is 23.3 Å². The largest absolute Gasteiger partial charge is 0.573 e. The maximum atomic E-state index is 12.2. The Morgan fingerprint density at radius 3 is 2.38 bits per heavy atom. The van der Waals surface area contributed by atoms with Crippen LogP contribution < -0.4 is 4.74 Å². The predicted molar refractivity (Wildman–Crippen MR) is 70.0 cm³/mol. The van der Waals surface area contributed by atoms with E-state index in [-0.39, 0.29) is 11.4 Å². The molecule has 0 atom stereocenters. The number of hydrogen-bond donors (Lipinski definition) is 0. The number of hydrogen-bond acceptors (Lipinski definition) is 3. The van der Waals surface area contributed by atoms with Gasteiger partial charge in [-0.05, 0) is 30.2 Å². The fourth-order valence-electron chi connectivity index (χ4n) is 1.86. The van der Waals surface area contributed by atoms with Gasteiger partial charge in [-0.2, -0.15) is 0 Å². The Balaban J connectivity index is 2.41. The molecule has 0 saturated carbocycles. The summed E-state index contributed by atoms with van der Waals surface area (Å²) in [6, 6.07) is 9.77. The standard InChI is InChI=1S/C14H10F3NO3/c1-9-5-6-11(8-13(9)18(19)20)10-3-2-4-12(7-10)21-14(15,16)17/h2-8H,1H3. The van der Waals surface area contributed by atoms with Gasteiger partial charge in [0.05, 0.1) is 4.92 Å². The lowest BCUT2D eigenvalue weighted by molar-refractivity contribution is -0.385. The van der Waals surface area contributed by atoms with Gasteiger partial charge >= 0.3 is 6.36 Å². The lowest BCUT2D eigenvalue weighted by Gasteiger charge is -2.10. The molecular weight excluding hydrogens is 287 g/mol. The molecule has 0 aliphatic heterocycles. The summed E-state index contributed by atoms with van der Waals surface area (Å²) < 4.78 is 40.4. The minimum absolute atomic E-state index is 0.0883. The van der Waals surface area contributed by atoms with Crippen LogP contribution >= 0.6 is 0 Å². The second-order valence-electron chi connectivity index (χ2n) is 4.33. The number of benzene rings is 2. The first-order valence-electron chi connectivity index (χ1n) is 5.87. The van der Waals surface area contributed by atoms with Gasteiger partial charge in [0.1, 0.15) is 5.75 Å². The summed E-state index contributed by atoms with van der Waals surface area (Å²) in [6.07, 6.45) is -4.78. The quantitative estimate of drug-likeness (QED) is 0.620. The summed E-state index contributed by atoms with van der Waals surface area (Å²) in [6.45, 7) is 1.59. The number of halogens is 3. The third kappa shape index (κ3) is 3.71. The van der Waals surface area contributed by atoms with E-state index in [2.05, 4.69) is 4.74 Å². The van der Waals surface area contributed by atoms with Crippen molar-refractivity contribution in [3.05, 3.63) is 58.1 Å². The topological polar surface area (TPSA) is 52.4 Å². The fraction of sp³-hybridized carbons (Fsp3) is 0.143. The molecule has 0 spiro atoms. The first-order valence-corrected chi connectivity index (χ1v) is 5.87. The van der Waals surface area contributed by atoms with E-state index in [1.165, 1.54) is 24.3 Å². The fourth-order valence-corrected chi connectivity index (χ4v) is 1.86. The van der Waals surface area contributed by atoms with Crippen LogP contribution in [0.3, 0.4) is 0 Å². The normalized spacial score (nSPS) is 11.2. The van der Waals surface area contributed by atoms with Crippen molar-refractivity contribution in [2.45, 2.75) is 13.3 Å². The molecular formula is C14H10F3NO3. The summed E-state index contributed by atoms with van der Waals surface area (Å²) in [5.74, 6) is -0.372. The van der Waals surface area contributed by atoms with Crippen LogP contribution in [-0.2, 0) is 0 Å². The number of nitro benzene ring substituents is 1. The number of alkyl halides is 3. The average molecular weight is 297 g/mol. The van der Waals surface area contributed by atoms with Gasteiger partial charge in [0.25, 0.3) is 5.69 Å². The molecule has 4 nitrogen and oxygen atoms in total. The number of nitro groups is 1. The lowest BCUT2D eigenvalue weighted by Crippen LogP contribution is -2.17. The van der Waals surface area contributed by atoms with Gasteiger partial charge in [0, 0.05) is 11.6 Å². The molecule has 0 saturated heterocycles. The van der Waals surface area contributed by atoms with Gasteiger partial charge in [0.2, 0.25) is 0 Å². The summed E-state index contributed by atoms with van der Waals surface area (Å²) in [5.41, 5.74) is 1.24. The molecule has 0 unspecified atom stereocenters. The maximum absolute atomic E-state index is 12.2. The smallest absolute Gasteiger partial charge is 0.406 e. The van der Waals surface area contributed by atoms with E-state index >= 15 is 0 Å². The Kier molecular flexibility index (Phi) is 3.84. The van der Waals surface area contributed by atoms with E-state index in [1.807, 2.05) is 0 Å². The van der Waals surface area contributed by atoms with Crippen LogP contribution in [0.15, 0.2) is 42.5 Å². The van der Waals surface area contributed by atoms with Crippen LogP contribution in [0, 0.1) is 17.0 Å². The van der Waals surface area contributed by atoms with Gasteiger partial charge in [-0.15, -0.1) is 13.2 Å². The molecule has 0 heterocycles. The number of rotatable bonds is 3. The van der Waals surface area contributed by atoms with Crippen molar-refractivity contribution in [2.24, 2.45) is 0 Å². The van der Waals surface area contributed by atoms with Crippen LogP contribution in [0.1, 0.15) is 5.56 Å². The zero-order valence-electron chi connectivity index (χ0n) is 10.8. The van der Waals surface area contributed by atoms with E-state index < -0.39 is 11.3 Å². The van der Waals surface area contributed by atoms with Crippen molar-refractivity contribution in [2.75, 3.05) is 0 Å². The van der Waals surface area contributed by atoms with Gasteiger partial charge in [-0.25, -0.2) is 0 Å². The molecule has 110 valence electrons. The van der Waals surface area contributed by atoms with Crippen molar-refractivity contribution in [1.82, 2.24) is 0 Å². The van der Waals surface area contributed by atoms with Gasteiger partial charge in [0.15, 0.2) is 0 Å². The second kappa shape index (κ2) is 5.43. The van der Waals surface area contributed by atoms with Gasteiger partial charge < -0.3 is 4.74 Å². The zero-order chi connectivity index (χ0) is 15.6. The van der Waals surface area contributed by atoms with Crippen LogP contribution in [-0.4, -0.2) is 11.3 Å².